The van der Waals surface area contributed by atoms with Crippen LogP contribution >= 0.6 is 0 Å². The third kappa shape index (κ3) is 5.28. The topological polar surface area (TPSA) is 37.5 Å². The second-order valence-electron chi connectivity index (χ2n) is 18.7. The number of para-hydroxylation sites is 7. The molecule has 330 valence electrons. The number of rotatable bonds is 5. The molecule has 0 aliphatic heterocycles. The van der Waals surface area contributed by atoms with Gasteiger partial charge in [-0.1, -0.05) is 146 Å². The average molecular weight is 905 g/mol. The lowest BCUT2D eigenvalue weighted by Crippen LogP contribution is -2.03. The first-order chi connectivity index (χ1) is 35.3. The Morgan fingerprint density at radius 2 is 0.592 bits per heavy atom. The van der Waals surface area contributed by atoms with Crippen molar-refractivity contribution >= 4 is 109 Å². The predicted octanol–water partition coefficient (Wildman–Crippen LogP) is 16.6. The van der Waals surface area contributed by atoms with Gasteiger partial charge in [0.25, 0.3) is 0 Å². The fraction of sp³-hybridized carbons (Fsp3) is 0. The first-order valence-electron chi connectivity index (χ1n) is 24.3. The van der Waals surface area contributed by atoms with Gasteiger partial charge in [-0.25, -0.2) is 4.98 Å². The van der Waals surface area contributed by atoms with Gasteiger partial charge in [-0.15, -0.1) is 0 Å². The molecule has 6 aromatic heterocycles. The minimum atomic E-state index is 0.870. The highest BCUT2D eigenvalue weighted by Gasteiger charge is 2.24. The van der Waals surface area contributed by atoms with E-state index in [0.29, 0.717) is 0 Å². The Morgan fingerprint density at radius 3 is 1.15 bits per heavy atom. The van der Waals surface area contributed by atoms with Crippen molar-refractivity contribution in [3.05, 3.63) is 243 Å². The van der Waals surface area contributed by atoms with Crippen LogP contribution in [0.4, 0.5) is 0 Å². The van der Waals surface area contributed by atoms with Crippen LogP contribution in [0.5, 0.6) is 0 Å². The molecule has 0 amide bonds. The predicted molar refractivity (Wildman–Crippen MR) is 296 cm³/mol. The molecule has 0 aliphatic rings. The summed E-state index contributed by atoms with van der Waals surface area (Å²) in [4.78, 5) is 5.57. The maximum atomic E-state index is 5.57. The molecule has 0 unspecified atom stereocenters. The van der Waals surface area contributed by atoms with Crippen LogP contribution < -0.4 is 0 Å². The molecule has 0 saturated carbocycles. The van der Waals surface area contributed by atoms with E-state index >= 15 is 0 Å². The summed E-state index contributed by atoms with van der Waals surface area (Å²) in [5, 5.41) is 12.1. The summed E-state index contributed by atoms with van der Waals surface area (Å²) in [6, 6.07) is 88.3. The molecule has 0 bridgehead atoms. The highest BCUT2D eigenvalue weighted by Crippen LogP contribution is 2.44. The Labute approximate surface area is 406 Å². The van der Waals surface area contributed by atoms with Gasteiger partial charge in [0.1, 0.15) is 11.6 Å². The molecule has 10 aromatic carbocycles. The molecule has 0 aliphatic carbocycles. The van der Waals surface area contributed by atoms with Gasteiger partial charge in [0.15, 0.2) is 0 Å². The summed E-state index contributed by atoms with van der Waals surface area (Å²) >= 11 is 0. The molecular weight excluding hydrogens is 865 g/mol. The van der Waals surface area contributed by atoms with Gasteiger partial charge in [-0.2, -0.15) is 0 Å². The maximum Gasteiger partial charge on any atom is 0.140 e. The molecule has 6 nitrogen and oxygen atoms in total. The summed E-state index contributed by atoms with van der Waals surface area (Å²) < 4.78 is 12.0. The summed E-state index contributed by atoms with van der Waals surface area (Å²) in [6.45, 7) is 0. The van der Waals surface area contributed by atoms with Crippen LogP contribution in [0.2, 0.25) is 0 Å². The van der Waals surface area contributed by atoms with Gasteiger partial charge in [-0.05, 0) is 97.1 Å². The number of pyridine rings is 1. The van der Waals surface area contributed by atoms with Gasteiger partial charge in [-0.3, -0.25) is 9.13 Å². The first-order valence-corrected chi connectivity index (χ1v) is 24.3. The van der Waals surface area contributed by atoms with Crippen molar-refractivity contribution in [3.8, 4) is 28.7 Å². The molecule has 6 heteroatoms. The van der Waals surface area contributed by atoms with Gasteiger partial charge in [0, 0.05) is 70.9 Å². The van der Waals surface area contributed by atoms with E-state index in [4.69, 9.17) is 4.98 Å². The maximum absolute atomic E-state index is 5.57. The van der Waals surface area contributed by atoms with E-state index in [1.807, 2.05) is 0 Å². The Bertz CT molecular complexity index is 4830. The quantitative estimate of drug-likeness (QED) is 0.170. The van der Waals surface area contributed by atoms with Crippen molar-refractivity contribution in [2.75, 3.05) is 0 Å². The Hall–Kier alpha value is -9.65. The van der Waals surface area contributed by atoms with Crippen LogP contribution in [-0.2, 0) is 0 Å². The lowest BCUT2D eigenvalue weighted by atomic mass is 10.1. The molecular formula is C65H40N6. The van der Waals surface area contributed by atoms with Crippen molar-refractivity contribution < 1.29 is 0 Å². The normalized spacial score (nSPS) is 12.2. The number of nitrogens with zero attached hydrogens (tertiary/aromatic N) is 6. The minimum absolute atomic E-state index is 0.870. The van der Waals surface area contributed by atoms with E-state index in [1.165, 1.54) is 75.9 Å². The fourth-order valence-corrected chi connectivity index (χ4v) is 12.2. The summed E-state index contributed by atoms with van der Waals surface area (Å²) in [5.41, 5.74) is 14.9. The van der Waals surface area contributed by atoms with E-state index in [9.17, 15) is 0 Å². The van der Waals surface area contributed by atoms with E-state index < -0.39 is 0 Å². The molecule has 0 N–H and O–H groups in total. The zero-order valence-electron chi connectivity index (χ0n) is 38.3. The van der Waals surface area contributed by atoms with Crippen molar-refractivity contribution in [2.45, 2.75) is 0 Å². The molecule has 71 heavy (non-hydrogen) atoms. The lowest BCUT2D eigenvalue weighted by Gasteiger charge is -2.13. The van der Waals surface area contributed by atoms with Crippen molar-refractivity contribution in [1.82, 2.24) is 27.8 Å². The Kier molecular flexibility index (Phi) is 7.79. The molecule has 0 fully saturated rings. The molecule has 16 rings (SSSR count). The number of aromatic nitrogens is 6. The molecule has 0 spiro atoms. The standard InChI is InChI=1S/C65H40N6/c1-2-18-41(19-3-1)67-53-28-10-7-25-47(53)51-40-61-52(39-60(51)67)48-26-8-11-29-54(48)69(61)43-21-16-20-42(38-43)68-58-33-15-9-27-50(58)64-59(68)37-36-49-46-24-6-14-32-57(46)71(65(49)64)63-35-17-34-62(66-63)70-55-30-12-4-22-44(55)45-23-5-13-31-56(45)70/h1-40H. The van der Waals surface area contributed by atoms with Crippen LogP contribution in [0.25, 0.3) is 138 Å². The van der Waals surface area contributed by atoms with Crippen LogP contribution in [0, 0.1) is 0 Å². The summed E-state index contributed by atoms with van der Waals surface area (Å²) in [6.07, 6.45) is 0. The van der Waals surface area contributed by atoms with Gasteiger partial charge < -0.3 is 13.7 Å². The number of fused-ring (bicyclic) bond motifs is 16. The van der Waals surface area contributed by atoms with E-state index in [1.54, 1.807) is 0 Å². The van der Waals surface area contributed by atoms with Crippen molar-refractivity contribution in [2.24, 2.45) is 0 Å². The van der Waals surface area contributed by atoms with Crippen molar-refractivity contribution in [1.29, 1.82) is 0 Å². The largest absolute Gasteiger partial charge is 0.309 e. The first kappa shape index (κ1) is 38.3. The lowest BCUT2D eigenvalue weighted by molar-refractivity contribution is 1.02. The van der Waals surface area contributed by atoms with Gasteiger partial charge in [0.05, 0.1) is 55.2 Å². The summed E-state index contributed by atoms with van der Waals surface area (Å²) in [5.74, 6) is 1.75. The SMILES string of the molecule is c1ccc(-n2c3ccccc3c3cc4c(cc32)c2ccccc2n4-c2cccc(-n3c4ccccc4c4c3ccc3c5ccccc5n(-c5cccc(-n6c7ccccc7c7ccccc76)n5)c34)c2)cc1. The van der Waals surface area contributed by atoms with Gasteiger partial charge in [0.2, 0.25) is 0 Å². The highest BCUT2D eigenvalue weighted by molar-refractivity contribution is 6.26. The smallest absolute Gasteiger partial charge is 0.140 e. The number of hydrogen-bond donors (Lipinski definition) is 0. The van der Waals surface area contributed by atoms with Crippen molar-refractivity contribution in [3.63, 3.8) is 0 Å². The third-order valence-corrected chi connectivity index (χ3v) is 15.1. The molecule has 0 radical (unpaired) electrons. The average Bonchev–Trinajstić information content (AvgIpc) is 4.22. The van der Waals surface area contributed by atoms with E-state index in [-0.39, 0.29) is 0 Å². The zero-order valence-corrected chi connectivity index (χ0v) is 38.3. The molecule has 6 heterocycles. The number of hydrogen-bond acceptors (Lipinski definition) is 1. The van der Waals surface area contributed by atoms with Crippen LogP contribution in [0.3, 0.4) is 0 Å². The minimum Gasteiger partial charge on any atom is -0.309 e. The van der Waals surface area contributed by atoms with Crippen LogP contribution in [0.15, 0.2) is 243 Å². The Balaban J connectivity index is 0.935. The molecule has 0 atom stereocenters. The van der Waals surface area contributed by atoms with Crippen LogP contribution in [-0.4, -0.2) is 27.8 Å². The summed E-state index contributed by atoms with van der Waals surface area (Å²) in [7, 11) is 0. The Morgan fingerprint density at radius 1 is 0.211 bits per heavy atom. The van der Waals surface area contributed by atoms with Gasteiger partial charge >= 0.3 is 0 Å². The van der Waals surface area contributed by atoms with Crippen LogP contribution in [0.1, 0.15) is 0 Å². The fourth-order valence-electron chi connectivity index (χ4n) is 12.2. The zero-order chi connectivity index (χ0) is 46.3. The molecule has 16 aromatic rings. The second-order valence-corrected chi connectivity index (χ2v) is 18.7. The molecule has 0 saturated heterocycles. The number of benzene rings is 10. The third-order valence-electron chi connectivity index (χ3n) is 15.1. The second kappa shape index (κ2) is 14.4. The highest BCUT2D eigenvalue weighted by atomic mass is 15.1. The van der Waals surface area contributed by atoms with E-state index in [0.717, 1.165) is 61.8 Å². The monoisotopic (exact) mass is 904 g/mol. The van der Waals surface area contributed by atoms with E-state index in [2.05, 4.69) is 265 Å².